The highest BCUT2D eigenvalue weighted by Crippen LogP contribution is 2.30. The maximum atomic E-state index is 13.5. The summed E-state index contributed by atoms with van der Waals surface area (Å²) in [6, 6.07) is 15.6. The zero-order valence-corrected chi connectivity index (χ0v) is 11.8. The van der Waals surface area contributed by atoms with Gasteiger partial charge in [-0.1, -0.05) is 24.3 Å². The standard InChI is InChI=1S/C17H11FN2O3/c18-14-6-2-3-7-15(14)19-11-12-9-10-17(23-12)13-5-1-4-8-16(13)20(21)22/h1-11H. The van der Waals surface area contributed by atoms with Crippen LogP contribution in [0, 0.1) is 15.9 Å². The summed E-state index contributed by atoms with van der Waals surface area (Å²) in [6.45, 7) is 0. The van der Waals surface area contributed by atoms with Crippen LogP contribution >= 0.6 is 0 Å². The van der Waals surface area contributed by atoms with Crippen molar-refractivity contribution in [2.75, 3.05) is 0 Å². The van der Waals surface area contributed by atoms with Crippen LogP contribution in [0.4, 0.5) is 15.8 Å². The molecule has 3 aromatic rings. The first-order valence-corrected chi connectivity index (χ1v) is 6.77. The smallest absolute Gasteiger partial charge is 0.280 e. The monoisotopic (exact) mass is 310 g/mol. The van der Waals surface area contributed by atoms with E-state index in [2.05, 4.69) is 4.99 Å². The van der Waals surface area contributed by atoms with Gasteiger partial charge < -0.3 is 4.42 Å². The first-order chi connectivity index (χ1) is 11.1. The van der Waals surface area contributed by atoms with Crippen molar-refractivity contribution in [2.24, 2.45) is 4.99 Å². The zero-order valence-electron chi connectivity index (χ0n) is 11.8. The molecule has 0 radical (unpaired) electrons. The zero-order chi connectivity index (χ0) is 16.2. The number of aliphatic imine (C=N–C) groups is 1. The molecule has 23 heavy (non-hydrogen) atoms. The second-order valence-electron chi connectivity index (χ2n) is 4.69. The molecule has 0 spiro atoms. The number of hydrogen-bond donors (Lipinski definition) is 0. The molecular formula is C17H11FN2O3. The average molecular weight is 310 g/mol. The van der Waals surface area contributed by atoms with E-state index in [0.717, 1.165) is 0 Å². The minimum atomic E-state index is -0.467. The number of hydrogen-bond acceptors (Lipinski definition) is 4. The van der Waals surface area contributed by atoms with Gasteiger partial charge in [0, 0.05) is 6.07 Å². The van der Waals surface area contributed by atoms with Crippen molar-refractivity contribution < 1.29 is 13.7 Å². The van der Waals surface area contributed by atoms with Crippen molar-refractivity contribution in [1.29, 1.82) is 0 Å². The molecule has 0 saturated carbocycles. The first-order valence-electron chi connectivity index (χ1n) is 6.77. The van der Waals surface area contributed by atoms with Crippen LogP contribution < -0.4 is 0 Å². The second kappa shape index (κ2) is 6.23. The number of nitro benzene ring substituents is 1. The van der Waals surface area contributed by atoms with Gasteiger partial charge in [-0.2, -0.15) is 0 Å². The van der Waals surface area contributed by atoms with E-state index in [9.17, 15) is 14.5 Å². The Bertz CT molecular complexity index is 887. The Morgan fingerprint density at radius 1 is 1.04 bits per heavy atom. The molecule has 2 aromatic carbocycles. The highest BCUT2D eigenvalue weighted by atomic mass is 19.1. The van der Waals surface area contributed by atoms with Crippen molar-refractivity contribution in [1.82, 2.24) is 0 Å². The van der Waals surface area contributed by atoms with Gasteiger partial charge in [-0.3, -0.25) is 10.1 Å². The Kier molecular flexibility index (Phi) is 3.97. The van der Waals surface area contributed by atoms with Crippen molar-refractivity contribution >= 4 is 17.6 Å². The van der Waals surface area contributed by atoms with Crippen molar-refractivity contribution in [3.8, 4) is 11.3 Å². The van der Waals surface area contributed by atoms with E-state index in [1.54, 1.807) is 42.5 Å². The van der Waals surface area contributed by atoms with Crippen LogP contribution in [0.5, 0.6) is 0 Å². The lowest BCUT2D eigenvalue weighted by Crippen LogP contribution is -1.90. The topological polar surface area (TPSA) is 68.6 Å². The molecule has 0 N–H and O–H groups in total. The lowest BCUT2D eigenvalue weighted by molar-refractivity contribution is -0.384. The summed E-state index contributed by atoms with van der Waals surface area (Å²) in [4.78, 5) is 14.6. The third kappa shape index (κ3) is 3.16. The molecule has 5 nitrogen and oxygen atoms in total. The summed E-state index contributed by atoms with van der Waals surface area (Å²) in [5, 5.41) is 11.0. The van der Waals surface area contributed by atoms with E-state index in [0.29, 0.717) is 17.1 Å². The number of halogens is 1. The predicted octanol–water partition coefficient (Wildman–Crippen LogP) is 4.74. The van der Waals surface area contributed by atoms with Crippen LogP contribution in [0.2, 0.25) is 0 Å². The summed E-state index contributed by atoms with van der Waals surface area (Å²) in [7, 11) is 0. The van der Waals surface area contributed by atoms with Crippen LogP contribution in [-0.2, 0) is 0 Å². The third-order valence-corrected chi connectivity index (χ3v) is 3.18. The summed E-state index contributed by atoms with van der Waals surface area (Å²) in [6.07, 6.45) is 1.37. The van der Waals surface area contributed by atoms with Crippen LogP contribution in [-0.4, -0.2) is 11.1 Å². The normalized spacial score (nSPS) is 11.0. The molecular weight excluding hydrogens is 299 g/mol. The molecule has 0 amide bonds. The van der Waals surface area contributed by atoms with Gasteiger partial charge in [0.25, 0.3) is 5.69 Å². The van der Waals surface area contributed by atoms with Crippen molar-refractivity contribution in [2.45, 2.75) is 0 Å². The van der Waals surface area contributed by atoms with Gasteiger partial charge in [-0.05, 0) is 30.3 Å². The van der Waals surface area contributed by atoms with Crippen LogP contribution in [0.3, 0.4) is 0 Å². The number of furan rings is 1. The molecule has 0 bridgehead atoms. The Hall–Kier alpha value is -3.28. The fourth-order valence-electron chi connectivity index (χ4n) is 2.10. The molecule has 3 rings (SSSR count). The van der Waals surface area contributed by atoms with E-state index < -0.39 is 10.7 Å². The van der Waals surface area contributed by atoms with Crippen molar-refractivity contribution in [3.05, 3.63) is 82.4 Å². The minimum absolute atomic E-state index is 0.0422. The maximum Gasteiger partial charge on any atom is 0.280 e. The van der Waals surface area contributed by atoms with E-state index >= 15 is 0 Å². The first kappa shape index (κ1) is 14.6. The molecule has 1 heterocycles. The fourth-order valence-corrected chi connectivity index (χ4v) is 2.10. The van der Waals surface area contributed by atoms with E-state index in [1.807, 2.05) is 0 Å². The Labute approximate surface area is 130 Å². The molecule has 6 heteroatoms. The number of benzene rings is 2. The van der Waals surface area contributed by atoms with Gasteiger partial charge in [-0.15, -0.1) is 0 Å². The van der Waals surface area contributed by atoms with Crippen LogP contribution in [0.1, 0.15) is 5.76 Å². The average Bonchev–Trinajstić information content (AvgIpc) is 3.03. The third-order valence-electron chi connectivity index (χ3n) is 3.18. The Balaban J connectivity index is 1.90. The van der Waals surface area contributed by atoms with E-state index in [4.69, 9.17) is 4.42 Å². The van der Waals surface area contributed by atoms with E-state index in [-0.39, 0.29) is 11.4 Å². The van der Waals surface area contributed by atoms with Crippen molar-refractivity contribution in [3.63, 3.8) is 0 Å². The van der Waals surface area contributed by atoms with Crippen LogP contribution in [0.15, 0.2) is 70.1 Å². The summed E-state index contributed by atoms with van der Waals surface area (Å²) in [5.41, 5.74) is 0.527. The number of para-hydroxylation sites is 2. The molecule has 0 unspecified atom stereocenters. The molecule has 0 fully saturated rings. The Morgan fingerprint density at radius 3 is 2.57 bits per heavy atom. The number of nitrogens with zero attached hydrogens (tertiary/aromatic N) is 2. The van der Waals surface area contributed by atoms with Gasteiger partial charge in [0.2, 0.25) is 0 Å². The van der Waals surface area contributed by atoms with Gasteiger partial charge in [0.15, 0.2) is 0 Å². The SMILES string of the molecule is O=[N+]([O-])c1ccccc1-c1ccc(C=Nc2ccccc2F)o1. The highest BCUT2D eigenvalue weighted by Gasteiger charge is 2.16. The quantitative estimate of drug-likeness (QED) is 0.397. The largest absolute Gasteiger partial charge is 0.455 e. The van der Waals surface area contributed by atoms with Gasteiger partial charge in [0.05, 0.1) is 22.4 Å². The predicted molar refractivity (Wildman–Crippen MR) is 84.5 cm³/mol. The molecule has 0 aliphatic carbocycles. The molecule has 0 atom stereocenters. The number of nitro groups is 1. The second-order valence-corrected chi connectivity index (χ2v) is 4.69. The van der Waals surface area contributed by atoms with Gasteiger partial charge >= 0.3 is 0 Å². The summed E-state index contributed by atoms with van der Waals surface area (Å²) in [5.74, 6) is 0.294. The molecule has 114 valence electrons. The lowest BCUT2D eigenvalue weighted by atomic mass is 10.1. The fraction of sp³-hybridized carbons (Fsp3) is 0. The maximum absolute atomic E-state index is 13.5. The van der Waals surface area contributed by atoms with Gasteiger partial charge in [-0.25, -0.2) is 9.38 Å². The van der Waals surface area contributed by atoms with E-state index in [1.165, 1.54) is 24.4 Å². The highest BCUT2D eigenvalue weighted by molar-refractivity contribution is 5.80. The Morgan fingerprint density at radius 2 is 1.78 bits per heavy atom. The lowest BCUT2D eigenvalue weighted by Gasteiger charge is -1.98. The van der Waals surface area contributed by atoms with Crippen LogP contribution in [0.25, 0.3) is 11.3 Å². The molecule has 0 aliphatic heterocycles. The summed E-state index contributed by atoms with van der Waals surface area (Å²) >= 11 is 0. The molecule has 0 saturated heterocycles. The van der Waals surface area contributed by atoms with Gasteiger partial charge in [0.1, 0.15) is 17.3 Å². The minimum Gasteiger partial charge on any atom is -0.455 e. The molecule has 1 aromatic heterocycles. The molecule has 0 aliphatic rings. The number of rotatable bonds is 4. The summed E-state index contributed by atoms with van der Waals surface area (Å²) < 4.78 is 19.0.